The smallest absolute Gasteiger partial charge is 0.340 e. The Hall–Kier alpha value is -1.57. The number of para-hydroxylation sites is 1. The minimum absolute atomic E-state index is 0.163. The molecular weight excluding hydrogens is 152 g/mol. The van der Waals surface area contributed by atoms with Crippen molar-refractivity contribution in [1.82, 2.24) is 0 Å². The van der Waals surface area contributed by atoms with Gasteiger partial charge in [-0.05, 0) is 11.6 Å². The van der Waals surface area contributed by atoms with E-state index in [9.17, 15) is 4.79 Å². The standard InChI is InChI=1S/C10H6O2/c11-10-8-5-7(8)6-3-1-2-4-9(6)12-10/h1-4H,5H2. The normalized spacial score (nSPS) is 13.0. The molecule has 12 heavy (non-hydrogen) atoms. The Kier molecular flexibility index (Phi) is 0.888. The molecule has 0 spiro atoms. The average Bonchev–Trinajstić information content (AvgIpc) is 2.84. The van der Waals surface area contributed by atoms with E-state index in [0.29, 0.717) is 5.58 Å². The van der Waals surface area contributed by atoms with E-state index in [1.807, 2.05) is 24.3 Å². The van der Waals surface area contributed by atoms with Crippen LogP contribution in [0.5, 0.6) is 0 Å². The molecule has 58 valence electrons. The van der Waals surface area contributed by atoms with E-state index in [1.165, 1.54) is 5.56 Å². The Morgan fingerprint density at radius 3 is 2.92 bits per heavy atom. The van der Waals surface area contributed by atoms with Crippen LogP contribution < -0.4 is 5.63 Å². The maximum absolute atomic E-state index is 11.1. The summed E-state index contributed by atoms with van der Waals surface area (Å²) in [5, 5.41) is 1.09. The molecule has 0 atom stereocenters. The summed E-state index contributed by atoms with van der Waals surface area (Å²) in [6.45, 7) is 0. The van der Waals surface area contributed by atoms with Crippen molar-refractivity contribution < 1.29 is 4.42 Å². The average molecular weight is 158 g/mol. The van der Waals surface area contributed by atoms with Crippen LogP contribution in [0.15, 0.2) is 33.5 Å². The lowest BCUT2D eigenvalue weighted by Gasteiger charge is -1.91. The minimum Gasteiger partial charge on any atom is -0.423 e. The van der Waals surface area contributed by atoms with Crippen LogP contribution in [-0.4, -0.2) is 0 Å². The van der Waals surface area contributed by atoms with E-state index < -0.39 is 0 Å². The molecule has 0 amide bonds. The van der Waals surface area contributed by atoms with Crippen molar-refractivity contribution in [3.8, 4) is 0 Å². The number of hydrogen-bond donors (Lipinski definition) is 0. The number of rotatable bonds is 0. The monoisotopic (exact) mass is 158 g/mol. The summed E-state index contributed by atoms with van der Waals surface area (Å²) in [6, 6.07) is 7.65. The van der Waals surface area contributed by atoms with Gasteiger partial charge in [0.1, 0.15) is 5.58 Å². The number of benzene rings is 1. The molecule has 2 nitrogen and oxygen atoms in total. The van der Waals surface area contributed by atoms with Gasteiger partial charge in [0.2, 0.25) is 0 Å². The fourth-order valence-corrected chi connectivity index (χ4v) is 1.55. The lowest BCUT2D eigenvalue weighted by atomic mass is 10.2. The highest BCUT2D eigenvalue weighted by molar-refractivity contribution is 5.85. The molecule has 0 unspecified atom stereocenters. The number of hydrogen-bond acceptors (Lipinski definition) is 2. The third-order valence-corrected chi connectivity index (χ3v) is 2.25. The van der Waals surface area contributed by atoms with Gasteiger partial charge in [-0.2, -0.15) is 0 Å². The highest BCUT2D eigenvalue weighted by Crippen LogP contribution is 2.31. The molecule has 0 saturated carbocycles. The zero-order valence-electron chi connectivity index (χ0n) is 6.33. The van der Waals surface area contributed by atoms with Crippen LogP contribution in [0.4, 0.5) is 0 Å². The predicted molar refractivity (Wildman–Crippen MR) is 45.3 cm³/mol. The predicted octanol–water partition coefficient (Wildman–Crippen LogP) is 1.70. The maximum Gasteiger partial charge on any atom is 0.340 e. The van der Waals surface area contributed by atoms with E-state index in [-0.39, 0.29) is 5.63 Å². The van der Waals surface area contributed by atoms with Crippen LogP contribution in [0.1, 0.15) is 11.1 Å². The van der Waals surface area contributed by atoms with Crippen LogP contribution in [0.3, 0.4) is 0 Å². The molecule has 1 aromatic carbocycles. The fraction of sp³-hybridized carbons (Fsp3) is 0.100. The lowest BCUT2D eigenvalue weighted by molar-refractivity contribution is 0.560. The van der Waals surface area contributed by atoms with E-state index in [2.05, 4.69) is 0 Å². The van der Waals surface area contributed by atoms with Crippen molar-refractivity contribution in [2.45, 2.75) is 6.42 Å². The van der Waals surface area contributed by atoms with Gasteiger partial charge in [0.05, 0.1) is 0 Å². The molecule has 0 radical (unpaired) electrons. The summed E-state index contributed by atoms with van der Waals surface area (Å²) in [5.74, 6) is 0. The van der Waals surface area contributed by atoms with Gasteiger partial charge >= 0.3 is 5.63 Å². The van der Waals surface area contributed by atoms with Crippen molar-refractivity contribution >= 4 is 11.0 Å². The Morgan fingerprint density at radius 2 is 2.00 bits per heavy atom. The second-order valence-corrected chi connectivity index (χ2v) is 3.02. The molecule has 1 aromatic heterocycles. The van der Waals surface area contributed by atoms with Crippen LogP contribution in [0.25, 0.3) is 11.0 Å². The first-order valence-electron chi connectivity index (χ1n) is 3.90. The Bertz CT molecular complexity index is 523. The summed E-state index contributed by atoms with van der Waals surface area (Å²) in [4.78, 5) is 11.1. The van der Waals surface area contributed by atoms with Gasteiger partial charge in [-0.25, -0.2) is 4.79 Å². The highest BCUT2D eigenvalue weighted by atomic mass is 16.4. The van der Waals surface area contributed by atoms with Crippen LogP contribution in [0.2, 0.25) is 0 Å². The van der Waals surface area contributed by atoms with Crippen LogP contribution >= 0.6 is 0 Å². The molecule has 0 fully saturated rings. The summed E-state index contributed by atoms with van der Waals surface area (Å²) in [7, 11) is 0. The van der Waals surface area contributed by atoms with E-state index >= 15 is 0 Å². The van der Waals surface area contributed by atoms with Crippen molar-refractivity contribution in [3.63, 3.8) is 0 Å². The zero-order valence-corrected chi connectivity index (χ0v) is 6.33. The molecule has 1 aliphatic carbocycles. The first-order chi connectivity index (χ1) is 5.86. The largest absolute Gasteiger partial charge is 0.423 e. The van der Waals surface area contributed by atoms with E-state index in [0.717, 1.165) is 17.4 Å². The SMILES string of the molecule is O=c1oc2ccccc2c2c1C2. The van der Waals surface area contributed by atoms with Crippen LogP contribution in [0, 0.1) is 0 Å². The molecular formula is C10H6O2. The second-order valence-electron chi connectivity index (χ2n) is 3.02. The summed E-state index contributed by atoms with van der Waals surface area (Å²) < 4.78 is 5.09. The Balaban J connectivity index is 2.61. The molecule has 0 aliphatic heterocycles. The number of fused-ring (bicyclic) bond motifs is 3. The van der Waals surface area contributed by atoms with Crippen molar-refractivity contribution in [2.75, 3.05) is 0 Å². The van der Waals surface area contributed by atoms with Gasteiger partial charge < -0.3 is 4.42 Å². The van der Waals surface area contributed by atoms with Crippen LogP contribution in [-0.2, 0) is 6.42 Å². The molecule has 1 heterocycles. The molecule has 2 heteroatoms. The van der Waals surface area contributed by atoms with Gasteiger partial charge in [-0.15, -0.1) is 0 Å². The van der Waals surface area contributed by atoms with Crippen molar-refractivity contribution in [3.05, 3.63) is 45.8 Å². The fourth-order valence-electron chi connectivity index (χ4n) is 1.55. The highest BCUT2D eigenvalue weighted by Gasteiger charge is 2.25. The summed E-state index contributed by atoms with van der Waals surface area (Å²) >= 11 is 0. The molecule has 3 rings (SSSR count). The van der Waals surface area contributed by atoms with Gasteiger partial charge in [0, 0.05) is 17.4 Å². The van der Waals surface area contributed by atoms with Crippen molar-refractivity contribution in [2.24, 2.45) is 0 Å². The summed E-state index contributed by atoms with van der Waals surface area (Å²) in [6.07, 6.45) is 0.815. The molecule has 0 saturated heterocycles. The molecule has 1 aliphatic rings. The van der Waals surface area contributed by atoms with E-state index in [4.69, 9.17) is 4.42 Å². The third-order valence-electron chi connectivity index (χ3n) is 2.25. The van der Waals surface area contributed by atoms with Gasteiger partial charge in [-0.3, -0.25) is 0 Å². The van der Waals surface area contributed by atoms with Crippen molar-refractivity contribution in [1.29, 1.82) is 0 Å². The Morgan fingerprint density at radius 1 is 1.17 bits per heavy atom. The lowest BCUT2D eigenvalue weighted by Crippen LogP contribution is -1.95. The Labute approximate surface area is 68.4 Å². The molecule has 0 N–H and O–H groups in total. The van der Waals surface area contributed by atoms with Gasteiger partial charge in [0.25, 0.3) is 0 Å². The molecule has 2 aromatic rings. The summed E-state index contributed by atoms with van der Waals surface area (Å²) in [5.41, 5.74) is 2.57. The third kappa shape index (κ3) is 0.619. The first-order valence-corrected chi connectivity index (χ1v) is 3.90. The second kappa shape index (κ2) is 1.78. The first kappa shape index (κ1) is 6.00. The van der Waals surface area contributed by atoms with Gasteiger partial charge in [0.15, 0.2) is 0 Å². The minimum atomic E-state index is -0.163. The zero-order chi connectivity index (χ0) is 8.13. The maximum atomic E-state index is 11.1. The van der Waals surface area contributed by atoms with Gasteiger partial charge in [-0.1, -0.05) is 18.2 Å². The quantitative estimate of drug-likeness (QED) is 0.466. The topological polar surface area (TPSA) is 30.2 Å². The molecule has 0 bridgehead atoms. The van der Waals surface area contributed by atoms with E-state index in [1.54, 1.807) is 0 Å².